The van der Waals surface area contributed by atoms with E-state index >= 15 is 0 Å². The average Bonchev–Trinajstić information content (AvgIpc) is 2.97. The molecule has 1 fully saturated rings. The lowest BCUT2D eigenvalue weighted by atomic mass is 10.2. The van der Waals surface area contributed by atoms with Crippen molar-refractivity contribution >= 4 is 22.1 Å². The number of rotatable bonds is 4. The first-order valence-corrected chi connectivity index (χ1v) is 8.39. The number of aliphatic imine (C=N–C) groups is 1. The fourth-order valence-corrected chi connectivity index (χ4v) is 3.27. The van der Waals surface area contributed by atoms with E-state index in [1.165, 1.54) is 5.56 Å². The Balaban J connectivity index is 1.59. The molecule has 4 heteroatoms. The van der Waals surface area contributed by atoms with Gasteiger partial charge in [0, 0.05) is 28.2 Å². The van der Waals surface area contributed by atoms with Crippen LogP contribution in [-0.2, 0) is 6.54 Å². The van der Waals surface area contributed by atoms with Crippen molar-refractivity contribution < 1.29 is 10.0 Å². The largest absolute Gasteiger partial charge is 0.507 e. The molecule has 1 saturated heterocycles. The van der Waals surface area contributed by atoms with E-state index in [2.05, 4.69) is 51.3 Å². The third-order valence-corrected chi connectivity index (χ3v) is 4.56. The first-order valence-electron chi connectivity index (χ1n) is 7.60. The molecule has 0 aromatic heterocycles. The molecule has 0 aliphatic carbocycles. The molecule has 3 rings (SSSR count). The van der Waals surface area contributed by atoms with Crippen molar-refractivity contribution in [2.24, 2.45) is 4.99 Å². The molecule has 0 radical (unpaired) electrons. The van der Waals surface area contributed by atoms with Gasteiger partial charge in [0.2, 0.25) is 0 Å². The Morgan fingerprint density at radius 1 is 1.23 bits per heavy atom. The van der Waals surface area contributed by atoms with Crippen LogP contribution in [0.25, 0.3) is 0 Å². The predicted octanol–water partition coefficient (Wildman–Crippen LogP) is 2.43. The monoisotopic (exact) mass is 359 g/mol. The third kappa shape index (κ3) is 3.96. The summed E-state index contributed by atoms with van der Waals surface area (Å²) in [6.45, 7) is 3.27. The van der Waals surface area contributed by atoms with Gasteiger partial charge in [0.05, 0.1) is 6.54 Å². The molecule has 2 N–H and O–H groups in total. The van der Waals surface area contributed by atoms with Crippen molar-refractivity contribution in [1.29, 1.82) is 0 Å². The Morgan fingerprint density at radius 3 is 2.86 bits per heavy atom. The number of phenols is 1. The van der Waals surface area contributed by atoms with Crippen molar-refractivity contribution in [3.05, 3.63) is 64.1 Å². The Kier molecular flexibility index (Phi) is 4.90. The second-order valence-corrected chi connectivity index (χ2v) is 6.71. The highest BCUT2D eigenvalue weighted by molar-refractivity contribution is 9.10. The van der Waals surface area contributed by atoms with E-state index in [0.29, 0.717) is 6.04 Å². The van der Waals surface area contributed by atoms with Crippen LogP contribution in [0.5, 0.6) is 5.75 Å². The van der Waals surface area contributed by atoms with Gasteiger partial charge in [-0.3, -0.25) is 4.99 Å². The SMILES string of the molecule is Oc1ccc(Br)cc1C=N[C@H]1CC[NH+](Cc2ccccc2)C1. The van der Waals surface area contributed by atoms with Crippen molar-refractivity contribution in [3.63, 3.8) is 0 Å². The van der Waals surface area contributed by atoms with E-state index < -0.39 is 0 Å². The van der Waals surface area contributed by atoms with Gasteiger partial charge in [-0.1, -0.05) is 46.3 Å². The summed E-state index contributed by atoms with van der Waals surface area (Å²) in [5.74, 6) is 0.276. The van der Waals surface area contributed by atoms with Crippen molar-refractivity contribution in [2.45, 2.75) is 19.0 Å². The maximum Gasteiger partial charge on any atom is 0.124 e. The van der Waals surface area contributed by atoms with Gasteiger partial charge < -0.3 is 10.0 Å². The molecule has 0 saturated carbocycles. The molecule has 114 valence electrons. The number of aromatic hydroxyl groups is 1. The highest BCUT2D eigenvalue weighted by Gasteiger charge is 2.25. The second-order valence-electron chi connectivity index (χ2n) is 5.79. The molecule has 1 heterocycles. The molecule has 22 heavy (non-hydrogen) atoms. The molecule has 1 unspecified atom stereocenters. The molecule has 3 nitrogen and oxygen atoms in total. The third-order valence-electron chi connectivity index (χ3n) is 4.07. The van der Waals surface area contributed by atoms with Crippen LogP contribution < -0.4 is 4.90 Å². The van der Waals surface area contributed by atoms with Gasteiger partial charge in [-0.05, 0) is 18.2 Å². The maximum atomic E-state index is 9.84. The number of halogens is 1. The molecule has 2 aromatic carbocycles. The summed E-state index contributed by atoms with van der Waals surface area (Å²) in [4.78, 5) is 6.24. The zero-order chi connectivity index (χ0) is 15.4. The number of nitrogens with one attached hydrogen (secondary N) is 1. The van der Waals surface area contributed by atoms with Crippen molar-refractivity contribution in [1.82, 2.24) is 0 Å². The van der Waals surface area contributed by atoms with Crippen LogP contribution in [-0.4, -0.2) is 30.5 Å². The molecular weight excluding hydrogens is 340 g/mol. The average molecular weight is 360 g/mol. The highest BCUT2D eigenvalue weighted by Crippen LogP contribution is 2.20. The number of nitrogens with zero attached hydrogens (tertiary/aromatic N) is 1. The van der Waals surface area contributed by atoms with Crippen LogP contribution in [0.2, 0.25) is 0 Å². The summed E-state index contributed by atoms with van der Waals surface area (Å²) in [5.41, 5.74) is 2.15. The molecule has 0 bridgehead atoms. The first kappa shape index (κ1) is 15.3. The van der Waals surface area contributed by atoms with Gasteiger partial charge in [-0.15, -0.1) is 0 Å². The minimum absolute atomic E-state index is 0.276. The quantitative estimate of drug-likeness (QED) is 0.808. The van der Waals surface area contributed by atoms with E-state index in [4.69, 9.17) is 0 Å². The molecule has 0 spiro atoms. The van der Waals surface area contributed by atoms with Gasteiger partial charge in [-0.25, -0.2) is 0 Å². The molecule has 1 aliphatic rings. The van der Waals surface area contributed by atoms with Crippen LogP contribution in [0.15, 0.2) is 58.0 Å². The summed E-state index contributed by atoms with van der Waals surface area (Å²) in [6.07, 6.45) is 2.91. The normalized spacial score (nSPS) is 21.5. The summed E-state index contributed by atoms with van der Waals surface area (Å²) in [6, 6.07) is 16.4. The Bertz CT molecular complexity index is 657. The standard InChI is InChI=1S/C18H19BrN2O/c19-16-6-7-18(22)15(10-16)11-20-17-8-9-21(13-17)12-14-4-2-1-3-5-14/h1-7,10-11,17,22H,8-9,12-13H2/p+1/t17-/m0/s1. The predicted molar refractivity (Wildman–Crippen MR) is 92.6 cm³/mol. The zero-order valence-electron chi connectivity index (χ0n) is 12.4. The van der Waals surface area contributed by atoms with Crippen LogP contribution in [0.4, 0.5) is 0 Å². The fraction of sp³-hybridized carbons (Fsp3) is 0.278. The van der Waals surface area contributed by atoms with E-state index in [-0.39, 0.29) is 5.75 Å². The molecule has 0 amide bonds. The Hall–Kier alpha value is -1.65. The zero-order valence-corrected chi connectivity index (χ0v) is 14.0. The van der Waals surface area contributed by atoms with Crippen molar-refractivity contribution in [3.8, 4) is 5.75 Å². The van der Waals surface area contributed by atoms with Crippen LogP contribution in [0, 0.1) is 0 Å². The lowest BCUT2D eigenvalue weighted by Gasteiger charge is -2.12. The van der Waals surface area contributed by atoms with Gasteiger partial charge in [-0.2, -0.15) is 0 Å². The van der Waals surface area contributed by atoms with Crippen LogP contribution in [0.3, 0.4) is 0 Å². The minimum atomic E-state index is 0.276. The van der Waals surface area contributed by atoms with Gasteiger partial charge >= 0.3 is 0 Å². The molecule has 2 aromatic rings. The van der Waals surface area contributed by atoms with Gasteiger partial charge in [0.15, 0.2) is 0 Å². The first-order chi connectivity index (χ1) is 10.7. The lowest BCUT2D eigenvalue weighted by Crippen LogP contribution is -3.09. The Morgan fingerprint density at radius 2 is 2.05 bits per heavy atom. The fourth-order valence-electron chi connectivity index (χ4n) is 2.89. The Labute approximate surface area is 139 Å². The van der Waals surface area contributed by atoms with Gasteiger partial charge in [0.1, 0.15) is 24.9 Å². The summed E-state index contributed by atoms with van der Waals surface area (Å²) in [5, 5.41) is 9.84. The van der Waals surface area contributed by atoms with E-state index in [9.17, 15) is 5.11 Å². The summed E-state index contributed by atoms with van der Waals surface area (Å²) < 4.78 is 0.953. The topological polar surface area (TPSA) is 37.0 Å². The van der Waals surface area contributed by atoms with Gasteiger partial charge in [0.25, 0.3) is 0 Å². The number of benzene rings is 2. The van der Waals surface area contributed by atoms with E-state index in [1.807, 2.05) is 12.1 Å². The second kappa shape index (κ2) is 7.07. The smallest absolute Gasteiger partial charge is 0.124 e. The van der Waals surface area contributed by atoms with Crippen molar-refractivity contribution in [2.75, 3.05) is 13.1 Å². The van der Waals surface area contributed by atoms with E-state index in [0.717, 1.165) is 36.1 Å². The number of phenolic OH excluding ortho intramolecular Hbond substituents is 1. The molecule has 1 aliphatic heterocycles. The number of likely N-dealkylation sites (tertiary alicyclic amines) is 1. The number of hydrogen-bond donors (Lipinski definition) is 2. The maximum absolute atomic E-state index is 9.84. The summed E-state index contributed by atoms with van der Waals surface area (Å²) >= 11 is 3.42. The lowest BCUT2D eigenvalue weighted by molar-refractivity contribution is -0.901. The highest BCUT2D eigenvalue weighted by atomic mass is 79.9. The van der Waals surface area contributed by atoms with Crippen LogP contribution >= 0.6 is 15.9 Å². The number of quaternary nitrogens is 1. The van der Waals surface area contributed by atoms with E-state index in [1.54, 1.807) is 17.2 Å². The molecule has 2 atom stereocenters. The molecular formula is C18H20BrN2O+. The summed E-state index contributed by atoms with van der Waals surface area (Å²) in [7, 11) is 0. The number of hydrogen-bond acceptors (Lipinski definition) is 2. The van der Waals surface area contributed by atoms with Crippen LogP contribution in [0.1, 0.15) is 17.5 Å². The minimum Gasteiger partial charge on any atom is -0.507 e.